The number of carbonyl (C=O) groups excluding carboxylic acids is 1. The van der Waals surface area contributed by atoms with Crippen molar-refractivity contribution < 1.29 is 4.79 Å². The van der Waals surface area contributed by atoms with E-state index in [4.69, 9.17) is 40.5 Å². The zero-order valence-corrected chi connectivity index (χ0v) is 18.8. The molecule has 0 aliphatic carbocycles. The molecule has 31 heavy (non-hydrogen) atoms. The number of nitrogens with zero attached hydrogens (tertiary/aromatic N) is 2. The van der Waals surface area contributed by atoms with Gasteiger partial charge in [0.05, 0.1) is 5.02 Å². The number of amides is 1. The van der Waals surface area contributed by atoms with Crippen molar-refractivity contribution in [2.75, 3.05) is 29.0 Å². The molecule has 1 aliphatic rings. The third kappa shape index (κ3) is 6.89. The van der Waals surface area contributed by atoms with E-state index < -0.39 is 0 Å². The van der Waals surface area contributed by atoms with E-state index in [0.29, 0.717) is 29.6 Å². The van der Waals surface area contributed by atoms with E-state index in [1.165, 1.54) is 0 Å². The Kier molecular flexibility index (Phi) is 8.18. The standard InChI is InChI=1S/C17H15Cl2N3O.C6H6ClN/c18-13-3-5-14(6-4-13)21-17(23)12-7-10-22(11-8-12)16-15(19)2-1-9-20-16;7-5-1-3-6(8)4-2-5/h1-7,9H,8,10-11H2,(H,21,23);1-4H,8H2. The van der Waals surface area contributed by atoms with Crippen LogP contribution in [0.4, 0.5) is 17.2 Å². The number of nitrogens with one attached hydrogen (secondary N) is 1. The molecule has 0 atom stereocenters. The van der Waals surface area contributed by atoms with E-state index in [-0.39, 0.29) is 5.91 Å². The van der Waals surface area contributed by atoms with E-state index in [0.717, 1.165) is 27.8 Å². The quantitative estimate of drug-likeness (QED) is 0.450. The van der Waals surface area contributed by atoms with Crippen molar-refractivity contribution in [1.82, 2.24) is 4.98 Å². The Hall–Kier alpha value is -2.73. The van der Waals surface area contributed by atoms with Crippen LogP contribution in [0.5, 0.6) is 0 Å². The Balaban J connectivity index is 0.000000287. The number of nitrogens with two attached hydrogens (primary N) is 1. The lowest BCUT2D eigenvalue weighted by Gasteiger charge is -2.27. The Bertz CT molecular complexity index is 1030. The first-order valence-corrected chi connectivity index (χ1v) is 10.7. The zero-order valence-electron chi connectivity index (χ0n) is 16.6. The molecule has 4 rings (SSSR count). The molecule has 5 nitrogen and oxygen atoms in total. The highest BCUT2D eigenvalue weighted by molar-refractivity contribution is 6.33. The average Bonchev–Trinajstić information content (AvgIpc) is 2.78. The van der Waals surface area contributed by atoms with Crippen molar-refractivity contribution in [2.45, 2.75) is 6.42 Å². The van der Waals surface area contributed by atoms with Gasteiger partial charge in [0.25, 0.3) is 5.91 Å². The number of nitrogen functional groups attached to an aromatic ring is 1. The first-order valence-electron chi connectivity index (χ1n) is 9.55. The van der Waals surface area contributed by atoms with Crippen LogP contribution in [0.1, 0.15) is 6.42 Å². The lowest BCUT2D eigenvalue weighted by Crippen LogP contribution is -2.32. The summed E-state index contributed by atoms with van der Waals surface area (Å²) in [5.41, 5.74) is 7.61. The lowest BCUT2D eigenvalue weighted by atomic mass is 10.1. The first-order chi connectivity index (χ1) is 14.9. The van der Waals surface area contributed by atoms with Gasteiger partial charge in [-0.3, -0.25) is 4.79 Å². The minimum absolute atomic E-state index is 0.0842. The first kappa shape index (κ1) is 22.9. The van der Waals surface area contributed by atoms with Gasteiger partial charge in [-0.25, -0.2) is 4.98 Å². The highest BCUT2D eigenvalue weighted by Gasteiger charge is 2.19. The Morgan fingerprint density at radius 2 is 1.61 bits per heavy atom. The fourth-order valence-electron chi connectivity index (χ4n) is 2.89. The number of anilines is 3. The van der Waals surface area contributed by atoms with Crippen LogP contribution in [0, 0.1) is 0 Å². The fraction of sp³-hybridized carbons (Fsp3) is 0.130. The summed E-state index contributed by atoms with van der Waals surface area (Å²) in [5.74, 6) is 0.668. The molecule has 160 valence electrons. The SMILES string of the molecule is Nc1ccc(Cl)cc1.O=C(Nc1ccc(Cl)cc1)C1=CCN(c2ncccc2Cl)CC1. The van der Waals surface area contributed by atoms with Crippen LogP contribution in [0.2, 0.25) is 15.1 Å². The molecule has 0 saturated heterocycles. The number of benzene rings is 2. The van der Waals surface area contributed by atoms with Gasteiger partial charge in [-0.2, -0.15) is 0 Å². The number of hydrogen-bond acceptors (Lipinski definition) is 4. The number of halogens is 3. The summed E-state index contributed by atoms with van der Waals surface area (Å²) >= 11 is 17.6. The molecule has 3 N–H and O–H groups in total. The third-order valence-electron chi connectivity index (χ3n) is 4.51. The van der Waals surface area contributed by atoms with Gasteiger partial charge < -0.3 is 16.0 Å². The summed E-state index contributed by atoms with van der Waals surface area (Å²) in [6, 6.07) is 17.7. The van der Waals surface area contributed by atoms with E-state index in [9.17, 15) is 4.79 Å². The third-order valence-corrected chi connectivity index (χ3v) is 5.31. The largest absolute Gasteiger partial charge is 0.399 e. The molecule has 0 spiro atoms. The minimum atomic E-state index is -0.0842. The maximum absolute atomic E-state index is 12.3. The molecule has 2 aromatic carbocycles. The van der Waals surface area contributed by atoms with Crippen LogP contribution in [0.3, 0.4) is 0 Å². The molecular formula is C23H21Cl3N4O. The predicted molar refractivity (Wildman–Crippen MR) is 130 cm³/mol. The number of carbonyl (C=O) groups is 1. The maximum Gasteiger partial charge on any atom is 0.251 e. The van der Waals surface area contributed by atoms with E-state index in [1.54, 1.807) is 60.8 Å². The lowest BCUT2D eigenvalue weighted by molar-refractivity contribution is -0.113. The van der Waals surface area contributed by atoms with Crippen molar-refractivity contribution in [1.29, 1.82) is 0 Å². The van der Waals surface area contributed by atoms with Gasteiger partial charge in [0, 0.05) is 46.3 Å². The summed E-state index contributed by atoms with van der Waals surface area (Å²) in [4.78, 5) is 18.6. The van der Waals surface area contributed by atoms with Crippen molar-refractivity contribution in [2.24, 2.45) is 0 Å². The summed E-state index contributed by atoms with van der Waals surface area (Å²) in [6.07, 6.45) is 4.28. The van der Waals surface area contributed by atoms with Crippen molar-refractivity contribution in [3.8, 4) is 0 Å². The summed E-state index contributed by atoms with van der Waals surface area (Å²) in [7, 11) is 0. The molecule has 1 aliphatic heterocycles. The topological polar surface area (TPSA) is 71.2 Å². The molecular weight excluding hydrogens is 455 g/mol. The summed E-state index contributed by atoms with van der Waals surface area (Å²) in [6.45, 7) is 1.32. The normalized spacial score (nSPS) is 13.0. The summed E-state index contributed by atoms with van der Waals surface area (Å²) in [5, 5.41) is 4.86. The van der Waals surface area contributed by atoms with Crippen LogP contribution in [-0.4, -0.2) is 24.0 Å². The number of rotatable bonds is 3. The van der Waals surface area contributed by atoms with Crippen LogP contribution >= 0.6 is 34.8 Å². The zero-order chi connectivity index (χ0) is 22.2. The van der Waals surface area contributed by atoms with Crippen LogP contribution in [0.25, 0.3) is 0 Å². The van der Waals surface area contributed by atoms with Crippen LogP contribution < -0.4 is 16.0 Å². The van der Waals surface area contributed by atoms with Gasteiger partial charge >= 0.3 is 0 Å². The molecule has 0 fully saturated rings. The van der Waals surface area contributed by atoms with E-state index in [2.05, 4.69) is 15.2 Å². The molecule has 3 aromatic rings. The molecule has 1 aromatic heterocycles. The second-order valence-electron chi connectivity index (χ2n) is 6.75. The van der Waals surface area contributed by atoms with Crippen LogP contribution in [-0.2, 0) is 4.79 Å². The molecule has 1 amide bonds. The van der Waals surface area contributed by atoms with Gasteiger partial charge in [0.1, 0.15) is 5.82 Å². The number of pyridine rings is 1. The fourth-order valence-corrected chi connectivity index (χ4v) is 3.38. The van der Waals surface area contributed by atoms with Crippen molar-refractivity contribution >= 4 is 57.9 Å². The van der Waals surface area contributed by atoms with E-state index in [1.807, 2.05) is 12.1 Å². The molecule has 8 heteroatoms. The van der Waals surface area contributed by atoms with E-state index >= 15 is 0 Å². The van der Waals surface area contributed by atoms with Gasteiger partial charge in [-0.15, -0.1) is 0 Å². The highest BCUT2D eigenvalue weighted by Crippen LogP contribution is 2.25. The second-order valence-corrected chi connectivity index (χ2v) is 8.03. The predicted octanol–water partition coefficient (Wildman–Crippen LogP) is 6.09. The Labute approximate surface area is 196 Å². The van der Waals surface area contributed by atoms with Crippen molar-refractivity contribution in [3.63, 3.8) is 0 Å². The molecule has 0 radical (unpaired) electrons. The van der Waals surface area contributed by atoms with Gasteiger partial charge in [-0.1, -0.05) is 40.9 Å². The maximum atomic E-state index is 12.3. The highest BCUT2D eigenvalue weighted by atomic mass is 35.5. The number of hydrogen-bond donors (Lipinski definition) is 2. The molecule has 0 unspecified atom stereocenters. The summed E-state index contributed by atoms with van der Waals surface area (Å²) < 4.78 is 0. The monoisotopic (exact) mass is 474 g/mol. The van der Waals surface area contributed by atoms with Gasteiger partial charge in [0.15, 0.2) is 0 Å². The number of aromatic nitrogens is 1. The second kappa shape index (κ2) is 11.0. The van der Waals surface area contributed by atoms with Crippen LogP contribution in [0.15, 0.2) is 78.5 Å². The Morgan fingerprint density at radius 1 is 0.968 bits per heavy atom. The Morgan fingerprint density at radius 3 is 2.16 bits per heavy atom. The minimum Gasteiger partial charge on any atom is -0.399 e. The molecule has 0 bridgehead atoms. The van der Waals surface area contributed by atoms with Gasteiger partial charge in [0.2, 0.25) is 0 Å². The molecule has 0 saturated carbocycles. The van der Waals surface area contributed by atoms with Crippen molar-refractivity contribution in [3.05, 3.63) is 93.6 Å². The average molecular weight is 476 g/mol. The van der Waals surface area contributed by atoms with Gasteiger partial charge in [-0.05, 0) is 67.1 Å². The molecule has 2 heterocycles. The smallest absolute Gasteiger partial charge is 0.251 e.